The zero-order valence-electron chi connectivity index (χ0n) is 28.1. The Morgan fingerprint density at radius 2 is 1.56 bits per heavy atom. The van der Waals surface area contributed by atoms with Crippen LogP contribution in [-0.2, 0) is 29.0 Å². The minimum absolute atomic E-state index is 0.0391. The molecule has 1 saturated carbocycles. The van der Waals surface area contributed by atoms with Gasteiger partial charge in [-0.2, -0.15) is 26.3 Å². The molecule has 0 bridgehead atoms. The Morgan fingerprint density at radius 3 is 2.23 bits per heavy atom. The van der Waals surface area contributed by atoms with E-state index in [2.05, 4.69) is 9.80 Å². The molecule has 0 radical (unpaired) electrons. The van der Waals surface area contributed by atoms with Gasteiger partial charge in [0.05, 0.1) is 23.7 Å². The van der Waals surface area contributed by atoms with Crippen LogP contribution in [0, 0.1) is 0 Å². The first-order valence-corrected chi connectivity index (χ1v) is 17.5. The van der Waals surface area contributed by atoms with Crippen molar-refractivity contribution >= 4 is 5.91 Å². The molecule has 1 atom stereocenters. The minimum Gasteiger partial charge on any atom is -0.491 e. The van der Waals surface area contributed by atoms with Crippen LogP contribution in [-0.4, -0.2) is 78.6 Å². The highest BCUT2D eigenvalue weighted by Gasteiger charge is 2.45. The van der Waals surface area contributed by atoms with Gasteiger partial charge in [0, 0.05) is 50.7 Å². The van der Waals surface area contributed by atoms with E-state index in [1.807, 2.05) is 38.1 Å². The van der Waals surface area contributed by atoms with Gasteiger partial charge in [0.15, 0.2) is 0 Å². The molecule has 0 unspecified atom stereocenters. The van der Waals surface area contributed by atoms with Crippen LogP contribution in [0.2, 0.25) is 0 Å². The average Bonchev–Trinajstić information content (AvgIpc) is 3.27. The predicted molar refractivity (Wildman–Crippen MR) is 174 cm³/mol. The smallest absolute Gasteiger partial charge is 0.417 e. The van der Waals surface area contributed by atoms with Crippen LogP contribution in [0.25, 0.3) is 0 Å². The number of rotatable bonds is 9. The Labute approximate surface area is 280 Å². The number of carbonyl (C=O) groups excluding carboxylic acids is 1. The number of benzene rings is 2. The Balaban J connectivity index is 1.40. The van der Waals surface area contributed by atoms with Gasteiger partial charge in [-0.3, -0.25) is 9.69 Å². The van der Waals surface area contributed by atoms with E-state index in [1.54, 1.807) is 4.90 Å². The fraction of sp³-hybridized carbons (Fsp3) is 0.649. The Kier molecular flexibility index (Phi) is 11.7. The number of ether oxygens (including phenoxy) is 1. The van der Waals surface area contributed by atoms with E-state index < -0.39 is 28.9 Å². The molecule has 266 valence electrons. The highest BCUT2D eigenvalue weighted by atomic mass is 19.4. The summed E-state index contributed by atoms with van der Waals surface area (Å²) in [6.45, 7) is 8.55. The van der Waals surface area contributed by atoms with Gasteiger partial charge in [0.25, 0.3) is 0 Å². The lowest BCUT2D eigenvalue weighted by molar-refractivity contribution is -0.162. The molecule has 5 rings (SSSR count). The number of likely N-dealkylation sites (tertiary alicyclic amines) is 1. The summed E-state index contributed by atoms with van der Waals surface area (Å²) in [4.78, 5) is 20.4. The van der Waals surface area contributed by atoms with Gasteiger partial charge >= 0.3 is 12.4 Å². The van der Waals surface area contributed by atoms with E-state index >= 15 is 0 Å². The second kappa shape index (κ2) is 15.4. The van der Waals surface area contributed by atoms with Crippen molar-refractivity contribution in [3.8, 4) is 5.75 Å². The van der Waals surface area contributed by atoms with E-state index in [1.165, 1.54) is 38.2 Å². The average molecular weight is 682 g/mol. The first-order chi connectivity index (χ1) is 22.7. The van der Waals surface area contributed by atoms with Gasteiger partial charge in [-0.1, -0.05) is 43.9 Å². The fourth-order valence-corrected chi connectivity index (χ4v) is 7.90. The van der Waals surface area contributed by atoms with Crippen molar-refractivity contribution in [3.05, 3.63) is 64.7 Å². The summed E-state index contributed by atoms with van der Waals surface area (Å²) in [6.07, 6.45) is -1.78. The molecule has 0 aromatic heterocycles. The molecule has 2 heterocycles. The summed E-state index contributed by atoms with van der Waals surface area (Å²) in [5.74, 6) is 0.487. The van der Waals surface area contributed by atoms with E-state index in [0.29, 0.717) is 62.7 Å². The van der Waals surface area contributed by atoms with Crippen molar-refractivity contribution in [2.75, 3.05) is 45.8 Å². The number of piperazine rings is 1. The molecular formula is C37H49F6N3O2. The third-order valence-electron chi connectivity index (χ3n) is 10.5. The van der Waals surface area contributed by atoms with Gasteiger partial charge in [-0.05, 0) is 87.9 Å². The van der Waals surface area contributed by atoms with Gasteiger partial charge < -0.3 is 14.5 Å². The Morgan fingerprint density at radius 1 is 0.854 bits per heavy atom. The summed E-state index contributed by atoms with van der Waals surface area (Å²) in [6, 6.07) is 10.4. The minimum atomic E-state index is -5.18. The van der Waals surface area contributed by atoms with Gasteiger partial charge in [0.1, 0.15) is 5.75 Å². The maximum Gasteiger partial charge on any atom is 0.417 e. The number of nitrogens with zero attached hydrogens (tertiary/aromatic N) is 3. The van der Waals surface area contributed by atoms with E-state index in [9.17, 15) is 31.1 Å². The molecular weight excluding hydrogens is 632 g/mol. The van der Waals surface area contributed by atoms with Crippen molar-refractivity contribution in [2.45, 2.75) is 108 Å². The topological polar surface area (TPSA) is 36.0 Å². The van der Waals surface area contributed by atoms with E-state index in [-0.39, 0.29) is 30.5 Å². The summed E-state index contributed by atoms with van der Waals surface area (Å²) in [5.41, 5.74) is -3.30. The van der Waals surface area contributed by atoms with Gasteiger partial charge in [-0.25, -0.2) is 0 Å². The standard InChI is InChI=1S/C37H49F6N3O2/c1-27(2)48-31-12-8-9-28(23-31)24-34(47)46-17-7-6-15-35(26-46,29-13-14-32(36(38,39)40)33(25-29)37(41,42)43)16-18-44-19-21-45(22-20-44)30-10-4-3-5-11-30/h8-9,12-14,23,25,27,30H,3-7,10-11,15-22,24,26H2,1-2H3/t35-/m1/s1. The van der Waals surface area contributed by atoms with Gasteiger partial charge in [0.2, 0.25) is 5.91 Å². The second-order valence-corrected chi connectivity index (χ2v) is 14.2. The molecule has 1 aliphatic carbocycles. The predicted octanol–water partition coefficient (Wildman–Crippen LogP) is 8.34. The molecule has 48 heavy (non-hydrogen) atoms. The molecule has 0 spiro atoms. The van der Waals surface area contributed by atoms with Crippen molar-refractivity contribution in [3.63, 3.8) is 0 Å². The molecule has 3 aliphatic rings. The number of amides is 1. The monoisotopic (exact) mass is 681 g/mol. The summed E-state index contributed by atoms with van der Waals surface area (Å²) < 4.78 is 89.6. The zero-order valence-corrected chi connectivity index (χ0v) is 28.1. The van der Waals surface area contributed by atoms with Crippen molar-refractivity contribution < 1.29 is 35.9 Å². The van der Waals surface area contributed by atoms with Crippen LogP contribution in [0.1, 0.15) is 93.9 Å². The number of carbonyl (C=O) groups is 1. The molecule has 1 amide bonds. The SMILES string of the molecule is CC(C)Oc1cccc(CC(=O)N2CCCC[C@](CCN3CCN(C4CCCCC4)CC3)(c3ccc(C(F)(F)F)c(C(F)(F)F)c3)C2)c1. The lowest BCUT2D eigenvalue weighted by Crippen LogP contribution is -2.52. The van der Waals surface area contributed by atoms with Crippen molar-refractivity contribution in [2.24, 2.45) is 0 Å². The van der Waals surface area contributed by atoms with E-state index in [4.69, 9.17) is 4.74 Å². The first kappa shape index (κ1) is 36.5. The lowest BCUT2D eigenvalue weighted by Gasteiger charge is -2.43. The van der Waals surface area contributed by atoms with Crippen LogP contribution in [0.4, 0.5) is 26.3 Å². The molecule has 2 aromatic rings. The van der Waals surface area contributed by atoms with Crippen LogP contribution < -0.4 is 4.74 Å². The number of alkyl halides is 6. The number of hydrogen-bond donors (Lipinski definition) is 0. The zero-order chi connectivity index (χ0) is 34.5. The summed E-state index contributed by atoms with van der Waals surface area (Å²) in [5, 5.41) is 0. The van der Waals surface area contributed by atoms with E-state index in [0.717, 1.165) is 31.7 Å². The molecule has 3 fully saturated rings. The normalized spacial score (nSPS) is 22.6. The number of hydrogen-bond acceptors (Lipinski definition) is 4. The first-order valence-electron chi connectivity index (χ1n) is 17.5. The highest BCUT2D eigenvalue weighted by Crippen LogP contribution is 2.45. The van der Waals surface area contributed by atoms with Crippen LogP contribution >= 0.6 is 0 Å². The summed E-state index contributed by atoms with van der Waals surface area (Å²) in [7, 11) is 0. The fourth-order valence-electron chi connectivity index (χ4n) is 7.90. The number of halogens is 6. The maximum absolute atomic E-state index is 14.2. The molecule has 5 nitrogen and oxygen atoms in total. The molecule has 0 N–H and O–H groups in total. The van der Waals surface area contributed by atoms with Gasteiger partial charge in [-0.15, -0.1) is 0 Å². The molecule has 11 heteroatoms. The molecule has 2 saturated heterocycles. The second-order valence-electron chi connectivity index (χ2n) is 14.2. The maximum atomic E-state index is 14.2. The molecule has 2 aromatic carbocycles. The lowest BCUT2D eigenvalue weighted by atomic mass is 9.73. The van der Waals surface area contributed by atoms with Crippen LogP contribution in [0.5, 0.6) is 5.75 Å². The molecule has 2 aliphatic heterocycles. The largest absolute Gasteiger partial charge is 0.491 e. The highest BCUT2D eigenvalue weighted by molar-refractivity contribution is 5.79. The quantitative estimate of drug-likeness (QED) is 0.250. The third kappa shape index (κ3) is 9.25. The Bertz CT molecular complexity index is 1370. The van der Waals surface area contributed by atoms with Crippen molar-refractivity contribution in [1.29, 1.82) is 0 Å². The summed E-state index contributed by atoms with van der Waals surface area (Å²) >= 11 is 0. The third-order valence-corrected chi connectivity index (χ3v) is 10.5. The van der Waals surface area contributed by atoms with Crippen LogP contribution in [0.15, 0.2) is 42.5 Å². The Hall–Kier alpha value is -2.79. The van der Waals surface area contributed by atoms with Crippen LogP contribution in [0.3, 0.4) is 0 Å². The van der Waals surface area contributed by atoms with Crippen molar-refractivity contribution in [1.82, 2.24) is 14.7 Å².